The molecule has 1 aromatic rings. The summed E-state index contributed by atoms with van der Waals surface area (Å²) in [5.74, 6) is 1.08. The molecule has 0 radical (unpaired) electrons. The highest BCUT2D eigenvalue weighted by Crippen LogP contribution is 2.44. The zero-order valence-corrected chi connectivity index (χ0v) is 14.3. The molecule has 0 atom stereocenters. The fraction of sp³-hybridized carbons (Fsp3) is 0.529. The first-order valence-corrected chi connectivity index (χ1v) is 9.18. The minimum Gasteiger partial charge on any atom is -0.338 e. The predicted molar refractivity (Wildman–Crippen MR) is 92.5 cm³/mol. The van der Waals surface area contributed by atoms with Crippen LogP contribution < -0.4 is 5.32 Å². The molecule has 0 aliphatic carbocycles. The Hall–Kier alpha value is -1.69. The smallest absolute Gasteiger partial charge is 0.317 e. The van der Waals surface area contributed by atoms with E-state index in [0.29, 0.717) is 19.6 Å². The van der Waals surface area contributed by atoms with E-state index in [1.807, 2.05) is 58.8 Å². The quantitative estimate of drug-likeness (QED) is 0.904. The molecular formula is C17H23N3O2S. The zero-order valence-electron chi connectivity index (χ0n) is 13.5. The Morgan fingerprint density at radius 2 is 1.87 bits per heavy atom. The summed E-state index contributed by atoms with van der Waals surface area (Å²) in [5, 5.41) is 2.85. The molecule has 2 saturated heterocycles. The van der Waals surface area contributed by atoms with Gasteiger partial charge in [-0.1, -0.05) is 18.2 Å². The third-order valence-electron chi connectivity index (χ3n) is 4.60. The van der Waals surface area contributed by atoms with Gasteiger partial charge < -0.3 is 15.1 Å². The van der Waals surface area contributed by atoms with Crippen LogP contribution in [0, 0.1) is 0 Å². The number of urea groups is 1. The van der Waals surface area contributed by atoms with Crippen molar-refractivity contribution in [2.75, 3.05) is 31.9 Å². The van der Waals surface area contributed by atoms with Crippen LogP contribution in [-0.4, -0.2) is 58.5 Å². The van der Waals surface area contributed by atoms with Gasteiger partial charge in [-0.3, -0.25) is 4.79 Å². The van der Waals surface area contributed by atoms with Crippen LogP contribution in [0.5, 0.6) is 0 Å². The lowest BCUT2D eigenvalue weighted by molar-refractivity contribution is 0.0581. The highest BCUT2D eigenvalue weighted by atomic mass is 32.2. The standard InChI is InChI=1S/C17H23N3O2S/c1-2-18-16(22)19-10-8-17(9-11-19)20(12-13-23-17)15(21)14-6-4-3-5-7-14/h3-7H,2,8-13H2,1H3,(H,18,22). The first kappa shape index (κ1) is 16.2. The van der Waals surface area contributed by atoms with E-state index in [1.165, 1.54) is 0 Å². The maximum Gasteiger partial charge on any atom is 0.317 e. The van der Waals surface area contributed by atoms with Crippen LogP contribution in [0.25, 0.3) is 0 Å². The summed E-state index contributed by atoms with van der Waals surface area (Å²) in [4.78, 5) is 28.6. The molecule has 2 aliphatic rings. The van der Waals surface area contributed by atoms with Gasteiger partial charge in [-0.15, -0.1) is 11.8 Å². The van der Waals surface area contributed by atoms with Gasteiger partial charge in [0.05, 0.1) is 4.87 Å². The topological polar surface area (TPSA) is 52.7 Å². The molecular weight excluding hydrogens is 310 g/mol. The highest BCUT2D eigenvalue weighted by molar-refractivity contribution is 8.00. The molecule has 124 valence electrons. The summed E-state index contributed by atoms with van der Waals surface area (Å²) in [7, 11) is 0. The summed E-state index contributed by atoms with van der Waals surface area (Å²) in [6.45, 7) is 4.78. The van der Waals surface area contributed by atoms with Gasteiger partial charge in [0.25, 0.3) is 5.91 Å². The molecule has 2 aliphatic heterocycles. The van der Waals surface area contributed by atoms with Crippen molar-refractivity contribution in [1.82, 2.24) is 15.1 Å². The maximum atomic E-state index is 12.9. The molecule has 23 heavy (non-hydrogen) atoms. The van der Waals surface area contributed by atoms with Crippen LogP contribution in [0.3, 0.4) is 0 Å². The average molecular weight is 333 g/mol. The maximum absolute atomic E-state index is 12.9. The molecule has 6 heteroatoms. The fourth-order valence-electron chi connectivity index (χ4n) is 3.37. The largest absolute Gasteiger partial charge is 0.338 e. The van der Waals surface area contributed by atoms with Crippen LogP contribution in [0.4, 0.5) is 4.79 Å². The second kappa shape index (κ2) is 6.83. The number of carbonyl (C=O) groups excluding carboxylic acids is 2. The second-order valence-electron chi connectivity index (χ2n) is 5.94. The lowest BCUT2D eigenvalue weighted by Gasteiger charge is -2.44. The number of nitrogens with one attached hydrogen (secondary N) is 1. The Morgan fingerprint density at radius 1 is 1.17 bits per heavy atom. The molecule has 0 saturated carbocycles. The zero-order chi connectivity index (χ0) is 16.3. The van der Waals surface area contributed by atoms with E-state index in [9.17, 15) is 9.59 Å². The summed E-state index contributed by atoms with van der Waals surface area (Å²) in [5.41, 5.74) is 0.750. The number of thioether (sulfide) groups is 1. The van der Waals surface area contributed by atoms with Crippen molar-refractivity contribution in [1.29, 1.82) is 0 Å². The summed E-state index contributed by atoms with van der Waals surface area (Å²) in [6.07, 6.45) is 1.68. The summed E-state index contributed by atoms with van der Waals surface area (Å²) in [6, 6.07) is 9.50. The van der Waals surface area contributed by atoms with Gasteiger partial charge in [-0.05, 0) is 31.9 Å². The molecule has 3 rings (SSSR count). The van der Waals surface area contributed by atoms with E-state index in [-0.39, 0.29) is 16.8 Å². The van der Waals surface area contributed by atoms with Crippen molar-refractivity contribution in [2.24, 2.45) is 0 Å². The van der Waals surface area contributed by atoms with E-state index < -0.39 is 0 Å². The fourth-order valence-corrected chi connectivity index (χ4v) is 4.82. The number of carbonyl (C=O) groups is 2. The molecule has 2 heterocycles. The first-order chi connectivity index (χ1) is 11.2. The molecule has 0 bridgehead atoms. The number of likely N-dealkylation sites (tertiary alicyclic amines) is 1. The van der Waals surface area contributed by atoms with Crippen LogP contribution >= 0.6 is 11.8 Å². The van der Waals surface area contributed by atoms with Gasteiger partial charge in [0.15, 0.2) is 0 Å². The third kappa shape index (κ3) is 3.17. The lowest BCUT2D eigenvalue weighted by Crippen LogP contribution is -2.55. The first-order valence-electron chi connectivity index (χ1n) is 8.20. The van der Waals surface area contributed by atoms with Crippen molar-refractivity contribution in [3.8, 4) is 0 Å². The Labute approximate surface area is 141 Å². The number of nitrogens with zero attached hydrogens (tertiary/aromatic N) is 2. The van der Waals surface area contributed by atoms with E-state index in [4.69, 9.17) is 0 Å². The van der Waals surface area contributed by atoms with Gasteiger partial charge in [0, 0.05) is 37.5 Å². The minimum atomic E-state index is -0.143. The third-order valence-corrected chi connectivity index (χ3v) is 6.16. The van der Waals surface area contributed by atoms with Gasteiger partial charge in [0.2, 0.25) is 0 Å². The number of hydrogen-bond acceptors (Lipinski definition) is 3. The minimum absolute atomic E-state index is 0.00582. The monoisotopic (exact) mass is 333 g/mol. The number of amides is 3. The number of rotatable bonds is 2. The van der Waals surface area contributed by atoms with E-state index in [1.54, 1.807) is 0 Å². The Morgan fingerprint density at radius 3 is 2.52 bits per heavy atom. The molecule has 1 aromatic carbocycles. The lowest BCUT2D eigenvalue weighted by atomic mass is 10.0. The summed E-state index contributed by atoms with van der Waals surface area (Å²) >= 11 is 1.87. The van der Waals surface area contributed by atoms with Crippen LogP contribution in [0.2, 0.25) is 0 Å². The Balaban J connectivity index is 1.70. The van der Waals surface area contributed by atoms with Crippen molar-refractivity contribution in [2.45, 2.75) is 24.6 Å². The van der Waals surface area contributed by atoms with E-state index >= 15 is 0 Å². The second-order valence-corrected chi connectivity index (χ2v) is 7.40. The molecule has 5 nitrogen and oxygen atoms in total. The molecule has 0 unspecified atom stereocenters. The van der Waals surface area contributed by atoms with Crippen molar-refractivity contribution < 1.29 is 9.59 Å². The van der Waals surface area contributed by atoms with Crippen LogP contribution in [0.1, 0.15) is 30.1 Å². The molecule has 2 fully saturated rings. The summed E-state index contributed by atoms with van der Waals surface area (Å²) < 4.78 is 0. The van der Waals surface area contributed by atoms with Crippen molar-refractivity contribution in [3.63, 3.8) is 0 Å². The average Bonchev–Trinajstić information content (AvgIpc) is 2.99. The van der Waals surface area contributed by atoms with Gasteiger partial charge >= 0.3 is 6.03 Å². The Bertz CT molecular complexity index is 570. The van der Waals surface area contributed by atoms with Crippen molar-refractivity contribution >= 4 is 23.7 Å². The molecule has 3 amide bonds. The number of benzene rings is 1. The van der Waals surface area contributed by atoms with E-state index in [0.717, 1.165) is 30.7 Å². The highest BCUT2D eigenvalue weighted by Gasteiger charge is 2.46. The Kier molecular flexibility index (Phi) is 4.80. The molecule has 1 spiro atoms. The van der Waals surface area contributed by atoms with Gasteiger partial charge in [-0.2, -0.15) is 0 Å². The number of piperidine rings is 1. The van der Waals surface area contributed by atoms with Crippen LogP contribution in [0.15, 0.2) is 30.3 Å². The molecule has 1 N–H and O–H groups in total. The molecule has 0 aromatic heterocycles. The van der Waals surface area contributed by atoms with Crippen molar-refractivity contribution in [3.05, 3.63) is 35.9 Å². The van der Waals surface area contributed by atoms with Crippen LogP contribution in [-0.2, 0) is 0 Å². The van der Waals surface area contributed by atoms with Gasteiger partial charge in [0.1, 0.15) is 0 Å². The van der Waals surface area contributed by atoms with Gasteiger partial charge in [-0.25, -0.2) is 4.79 Å². The predicted octanol–water partition coefficient (Wildman–Crippen LogP) is 2.40. The van der Waals surface area contributed by atoms with E-state index in [2.05, 4.69) is 5.32 Å². The SMILES string of the molecule is CCNC(=O)N1CCC2(CC1)SCCN2C(=O)c1ccccc1. The number of hydrogen-bond donors (Lipinski definition) is 1. The normalized spacial score (nSPS) is 19.9.